The third kappa shape index (κ3) is 5.18. The molecule has 1 aliphatic rings. The molecule has 1 heterocycles. The highest BCUT2D eigenvalue weighted by atomic mass is 16.7. The van der Waals surface area contributed by atoms with Gasteiger partial charge < -0.3 is 19.8 Å². The quantitative estimate of drug-likeness (QED) is 0.630. The van der Waals surface area contributed by atoms with E-state index in [2.05, 4.69) is 0 Å². The second-order valence-electron chi connectivity index (χ2n) is 8.47. The molecule has 0 aromatic rings. The van der Waals surface area contributed by atoms with Crippen LogP contribution in [0.4, 0.5) is 0 Å². The van der Waals surface area contributed by atoms with Crippen molar-refractivity contribution in [2.75, 3.05) is 13.2 Å². The van der Waals surface area contributed by atoms with Gasteiger partial charge in [0.25, 0.3) is 0 Å². The summed E-state index contributed by atoms with van der Waals surface area (Å²) in [6, 6.07) is 0. The van der Waals surface area contributed by atoms with Crippen molar-refractivity contribution < 1.29 is 29.4 Å². The van der Waals surface area contributed by atoms with Crippen molar-refractivity contribution >= 4 is 11.9 Å². The van der Waals surface area contributed by atoms with Gasteiger partial charge in [0.2, 0.25) is 0 Å². The first-order valence-corrected chi connectivity index (χ1v) is 9.41. The number of rotatable bonds is 8. The second-order valence-corrected chi connectivity index (χ2v) is 8.47. The number of carbonyl (C=O) groups is 2. The molecule has 7 heteroatoms. The average molecular weight is 373 g/mol. The van der Waals surface area contributed by atoms with Crippen LogP contribution in [0.25, 0.3) is 0 Å². The number of aliphatic hydroxyl groups is 2. The molecule has 26 heavy (non-hydrogen) atoms. The summed E-state index contributed by atoms with van der Waals surface area (Å²) in [7, 11) is 0. The van der Waals surface area contributed by atoms with E-state index in [0.29, 0.717) is 25.7 Å². The summed E-state index contributed by atoms with van der Waals surface area (Å²) in [4.78, 5) is 30.8. The van der Waals surface area contributed by atoms with Gasteiger partial charge in [0, 0.05) is 0 Å². The zero-order valence-electron chi connectivity index (χ0n) is 17.0. The number of hydrogen-bond donors (Lipinski definition) is 2. The lowest BCUT2D eigenvalue weighted by Crippen LogP contribution is -2.62. The molecule has 0 aromatic carbocycles. The van der Waals surface area contributed by atoms with E-state index in [9.17, 15) is 14.7 Å². The van der Waals surface area contributed by atoms with E-state index >= 15 is 0 Å². The Kier molecular flexibility index (Phi) is 7.62. The predicted octanol–water partition coefficient (Wildman–Crippen LogP) is 2.19. The maximum absolute atomic E-state index is 12.7. The van der Waals surface area contributed by atoms with Crippen LogP contribution in [0.2, 0.25) is 0 Å². The van der Waals surface area contributed by atoms with Crippen LogP contribution < -0.4 is 0 Å². The van der Waals surface area contributed by atoms with Gasteiger partial charge in [-0.25, -0.2) is 0 Å². The molecule has 0 spiro atoms. The Morgan fingerprint density at radius 1 is 1.12 bits per heavy atom. The second kappa shape index (κ2) is 8.67. The van der Waals surface area contributed by atoms with Gasteiger partial charge >= 0.3 is 11.9 Å². The van der Waals surface area contributed by atoms with E-state index < -0.39 is 34.5 Å². The Balaban J connectivity index is 2.92. The maximum atomic E-state index is 12.7. The van der Waals surface area contributed by atoms with Crippen LogP contribution in [-0.4, -0.2) is 57.6 Å². The van der Waals surface area contributed by atoms with Gasteiger partial charge in [-0.3, -0.25) is 9.59 Å². The summed E-state index contributed by atoms with van der Waals surface area (Å²) in [5, 5.41) is 20.6. The zero-order chi connectivity index (χ0) is 20.2. The standard InChI is InChI=1S/C19H35NO6/c1-7-19(8-2,16(24)25-10-9-21)13-15(23)26-20-17(3,4)11-14(22)12-18(20,5)6/h14,21-22H,7-13H2,1-6H3. The molecular weight excluding hydrogens is 338 g/mol. The number of esters is 1. The first-order chi connectivity index (χ1) is 11.9. The lowest BCUT2D eigenvalue weighted by Gasteiger charge is -2.51. The van der Waals surface area contributed by atoms with E-state index in [0.717, 1.165) is 0 Å². The minimum absolute atomic E-state index is 0.0836. The van der Waals surface area contributed by atoms with E-state index in [1.807, 2.05) is 41.5 Å². The summed E-state index contributed by atoms with van der Waals surface area (Å²) in [5.74, 6) is -0.978. The Bertz CT molecular complexity index is 480. The number of aliphatic hydroxyl groups excluding tert-OH is 2. The average Bonchev–Trinajstić information content (AvgIpc) is 2.52. The number of nitrogens with zero attached hydrogens (tertiary/aromatic N) is 1. The molecule has 7 nitrogen and oxygen atoms in total. The maximum Gasteiger partial charge on any atom is 0.326 e. The summed E-state index contributed by atoms with van der Waals surface area (Å²) in [5.41, 5.74) is -2.00. The normalized spacial score (nSPS) is 20.6. The number of piperidine rings is 1. The predicted molar refractivity (Wildman–Crippen MR) is 97.0 cm³/mol. The molecule has 0 aliphatic carbocycles. The van der Waals surface area contributed by atoms with Gasteiger partial charge in [0.1, 0.15) is 6.61 Å². The molecule has 2 N–H and O–H groups in total. The third-order valence-corrected chi connectivity index (χ3v) is 5.36. The van der Waals surface area contributed by atoms with Crippen LogP contribution in [-0.2, 0) is 19.2 Å². The molecule has 0 amide bonds. The van der Waals surface area contributed by atoms with Crippen molar-refractivity contribution in [3.05, 3.63) is 0 Å². The van der Waals surface area contributed by atoms with Crippen LogP contribution >= 0.6 is 0 Å². The van der Waals surface area contributed by atoms with Crippen LogP contribution in [0.1, 0.15) is 73.6 Å². The lowest BCUT2D eigenvalue weighted by molar-refractivity contribution is -0.277. The van der Waals surface area contributed by atoms with Crippen molar-refractivity contribution in [2.24, 2.45) is 5.41 Å². The van der Waals surface area contributed by atoms with Crippen LogP contribution in [0.5, 0.6) is 0 Å². The van der Waals surface area contributed by atoms with Crippen molar-refractivity contribution in [2.45, 2.75) is 90.8 Å². The first-order valence-electron chi connectivity index (χ1n) is 9.41. The Labute approximate surface area is 156 Å². The highest BCUT2D eigenvalue weighted by Gasteiger charge is 2.49. The number of carbonyl (C=O) groups excluding carboxylic acids is 2. The SMILES string of the molecule is CCC(CC)(CC(=O)ON1C(C)(C)CC(O)CC1(C)C)C(=O)OCCO. The van der Waals surface area contributed by atoms with Crippen molar-refractivity contribution in [1.29, 1.82) is 0 Å². The molecule has 1 saturated heterocycles. The van der Waals surface area contributed by atoms with Crippen LogP contribution in [0, 0.1) is 5.41 Å². The Morgan fingerprint density at radius 2 is 1.62 bits per heavy atom. The van der Waals surface area contributed by atoms with Crippen molar-refractivity contribution in [3.8, 4) is 0 Å². The van der Waals surface area contributed by atoms with E-state index in [-0.39, 0.29) is 19.6 Å². The molecule has 152 valence electrons. The summed E-state index contributed by atoms with van der Waals surface area (Å²) >= 11 is 0. The fraction of sp³-hybridized carbons (Fsp3) is 0.895. The minimum atomic E-state index is -0.962. The molecule has 1 aliphatic heterocycles. The fourth-order valence-corrected chi connectivity index (χ4v) is 4.02. The highest BCUT2D eigenvalue weighted by molar-refractivity contribution is 5.83. The van der Waals surface area contributed by atoms with Crippen LogP contribution in [0.15, 0.2) is 0 Å². The number of hydroxylamine groups is 2. The van der Waals surface area contributed by atoms with E-state index in [4.69, 9.17) is 14.7 Å². The molecule has 0 saturated carbocycles. The minimum Gasteiger partial charge on any atom is -0.463 e. The van der Waals surface area contributed by atoms with Gasteiger partial charge in [0.05, 0.1) is 35.6 Å². The molecule has 0 bridgehead atoms. The molecule has 0 unspecified atom stereocenters. The topological polar surface area (TPSA) is 96.3 Å². The van der Waals surface area contributed by atoms with E-state index in [1.165, 1.54) is 0 Å². The molecular formula is C19H35NO6. The monoisotopic (exact) mass is 373 g/mol. The fourth-order valence-electron chi connectivity index (χ4n) is 4.02. The molecule has 0 atom stereocenters. The van der Waals surface area contributed by atoms with E-state index in [1.54, 1.807) is 5.06 Å². The van der Waals surface area contributed by atoms with Gasteiger partial charge in [-0.1, -0.05) is 13.8 Å². The first kappa shape index (κ1) is 22.9. The van der Waals surface area contributed by atoms with Gasteiger partial charge in [-0.2, -0.15) is 0 Å². The molecule has 0 aromatic heterocycles. The third-order valence-electron chi connectivity index (χ3n) is 5.36. The Morgan fingerprint density at radius 3 is 2.04 bits per heavy atom. The number of ether oxygens (including phenoxy) is 1. The molecule has 1 rings (SSSR count). The summed E-state index contributed by atoms with van der Waals surface area (Å²) in [6.07, 6.45) is 1.33. The Hall–Kier alpha value is -1.18. The van der Waals surface area contributed by atoms with Gasteiger partial charge in [-0.15, -0.1) is 5.06 Å². The van der Waals surface area contributed by atoms with Crippen LogP contribution in [0.3, 0.4) is 0 Å². The smallest absolute Gasteiger partial charge is 0.326 e. The van der Waals surface area contributed by atoms with Crippen molar-refractivity contribution in [3.63, 3.8) is 0 Å². The molecule has 0 radical (unpaired) electrons. The lowest BCUT2D eigenvalue weighted by atomic mass is 9.79. The van der Waals surface area contributed by atoms with Crippen molar-refractivity contribution in [1.82, 2.24) is 5.06 Å². The highest BCUT2D eigenvalue weighted by Crippen LogP contribution is 2.40. The summed E-state index contributed by atoms with van der Waals surface area (Å²) in [6.45, 7) is 11.0. The number of hydrogen-bond acceptors (Lipinski definition) is 7. The van der Waals surface area contributed by atoms with Gasteiger partial charge in [0.15, 0.2) is 0 Å². The largest absolute Gasteiger partial charge is 0.463 e. The zero-order valence-corrected chi connectivity index (χ0v) is 17.0. The molecule has 1 fully saturated rings. The summed E-state index contributed by atoms with van der Waals surface area (Å²) < 4.78 is 5.08. The van der Waals surface area contributed by atoms with Gasteiger partial charge in [-0.05, 0) is 53.4 Å².